The summed E-state index contributed by atoms with van der Waals surface area (Å²) in [5.41, 5.74) is 8.38. The van der Waals surface area contributed by atoms with E-state index in [1.807, 2.05) is 0 Å². The van der Waals surface area contributed by atoms with E-state index in [1.165, 1.54) is 29.0 Å². The molecule has 26 heavy (non-hydrogen) atoms. The fraction of sp³-hybridized carbons (Fsp3) is 0.263. The number of nitrogens with two attached hydrogens (primary N) is 1. The number of pyridine rings is 1. The Morgan fingerprint density at radius 1 is 1.31 bits per heavy atom. The van der Waals surface area contributed by atoms with Crippen LogP contribution in [0.4, 0.5) is 21.6 Å². The minimum atomic E-state index is -0.397. The van der Waals surface area contributed by atoms with Crippen molar-refractivity contribution in [2.45, 2.75) is 18.8 Å². The molecule has 1 fully saturated rings. The van der Waals surface area contributed by atoms with Gasteiger partial charge in [0, 0.05) is 24.2 Å². The molecule has 0 atom stereocenters. The van der Waals surface area contributed by atoms with Crippen LogP contribution in [-0.4, -0.2) is 24.0 Å². The van der Waals surface area contributed by atoms with Gasteiger partial charge >= 0.3 is 0 Å². The van der Waals surface area contributed by atoms with E-state index in [4.69, 9.17) is 10.7 Å². The number of nitrogens with zero attached hydrogens (tertiary/aromatic N) is 2. The Hall–Kier alpha value is -2.67. The zero-order chi connectivity index (χ0) is 17.8. The molecule has 0 aliphatic carbocycles. The molecule has 1 aromatic carbocycles. The first-order chi connectivity index (χ1) is 12.6. The van der Waals surface area contributed by atoms with Crippen LogP contribution in [0.1, 0.15) is 34.0 Å². The van der Waals surface area contributed by atoms with E-state index < -0.39 is 5.82 Å². The van der Waals surface area contributed by atoms with Crippen LogP contribution in [-0.2, 0) is 0 Å². The molecule has 3 N–H and O–H groups in total. The molecular formula is C19H17FN4OS. The zero-order valence-corrected chi connectivity index (χ0v) is 14.8. The normalized spacial score (nSPS) is 16.1. The summed E-state index contributed by atoms with van der Waals surface area (Å²) in [4.78, 5) is 21.0. The molecule has 3 aliphatic rings. The number of carbonyl (C=O) groups excluding carboxylic acids is 1. The molecule has 1 amide bonds. The Bertz CT molecular complexity index is 1040. The number of carbonyl (C=O) groups is 1. The number of fused-ring (bicyclic) bond motifs is 3. The topological polar surface area (TPSA) is 71.2 Å². The van der Waals surface area contributed by atoms with E-state index >= 15 is 0 Å². The van der Waals surface area contributed by atoms with Gasteiger partial charge in [0.1, 0.15) is 21.3 Å². The molecule has 2 bridgehead atoms. The van der Waals surface area contributed by atoms with Gasteiger partial charge in [-0.05, 0) is 48.6 Å². The van der Waals surface area contributed by atoms with Gasteiger partial charge in [0.2, 0.25) is 0 Å². The summed E-state index contributed by atoms with van der Waals surface area (Å²) in [6.45, 7) is 2.09. The molecule has 5 nitrogen and oxygen atoms in total. The van der Waals surface area contributed by atoms with Crippen LogP contribution in [0, 0.1) is 5.82 Å². The minimum absolute atomic E-state index is 0.336. The second-order valence-corrected chi connectivity index (χ2v) is 7.82. The summed E-state index contributed by atoms with van der Waals surface area (Å²) in [5.74, 6) is 0.845. The Kier molecular flexibility index (Phi) is 3.40. The van der Waals surface area contributed by atoms with Gasteiger partial charge in [0.05, 0.1) is 5.69 Å². The molecule has 0 spiro atoms. The number of hydrogen-bond donors (Lipinski definition) is 2. The maximum absolute atomic E-state index is 13.3. The molecule has 7 heteroatoms. The molecule has 3 aliphatic heterocycles. The van der Waals surface area contributed by atoms with Crippen molar-refractivity contribution in [3.05, 3.63) is 46.6 Å². The van der Waals surface area contributed by atoms with Gasteiger partial charge in [-0.25, -0.2) is 9.37 Å². The number of benzene rings is 1. The Balaban J connectivity index is 1.55. The van der Waals surface area contributed by atoms with E-state index in [0.717, 1.165) is 42.0 Å². The number of halogens is 1. The van der Waals surface area contributed by atoms with Gasteiger partial charge in [-0.3, -0.25) is 4.79 Å². The summed E-state index contributed by atoms with van der Waals surface area (Å²) >= 11 is 1.29. The van der Waals surface area contributed by atoms with Gasteiger partial charge in [-0.2, -0.15) is 0 Å². The second kappa shape index (κ2) is 5.67. The fourth-order valence-corrected chi connectivity index (χ4v) is 4.89. The molecule has 0 unspecified atom stereocenters. The van der Waals surface area contributed by atoms with Crippen molar-refractivity contribution < 1.29 is 9.18 Å². The van der Waals surface area contributed by atoms with E-state index in [2.05, 4.69) is 16.3 Å². The number of hydrogen-bond acceptors (Lipinski definition) is 5. The van der Waals surface area contributed by atoms with Crippen LogP contribution in [0.25, 0.3) is 10.2 Å². The van der Waals surface area contributed by atoms with Crippen molar-refractivity contribution in [1.29, 1.82) is 0 Å². The first-order valence-electron chi connectivity index (χ1n) is 8.65. The average Bonchev–Trinajstić information content (AvgIpc) is 2.98. The van der Waals surface area contributed by atoms with Crippen molar-refractivity contribution in [1.82, 2.24) is 4.98 Å². The summed E-state index contributed by atoms with van der Waals surface area (Å²) < 4.78 is 13.3. The lowest BCUT2D eigenvalue weighted by atomic mass is 9.84. The van der Waals surface area contributed by atoms with E-state index in [-0.39, 0.29) is 5.91 Å². The molecule has 0 radical (unpaired) electrons. The van der Waals surface area contributed by atoms with Gasteiger partial charge in [0.25, 0.3) is 5.91 Å². The van der Waals surface area contributed by atoms with Crippen molar-refractivity contribution in [2.75, 3.05) is 29.0 Å². The van der Waals surface area contributed by atoms with Crippen molar-refractivity contribution in [3.63, 3.8) is 0 Å². The quantitative estimate of drug-likeness (QED) is 0.718. The predicted molar refractivity (Wildman–Crippen MR) is 103 cm³/mol. The summed E-state index contributed by atoms with van der Waals surface area (Å²) in [6.07, 6.45) is 2.30. The first-order valence-corrected chi connectivity index (χ1v) is 9.46. The Morgan fingerprint density at radius 2 is 2.12 bits per heavy atom. The highest BCUT2D eigenvalue weighted by molar-refractivity contribution is 7.21. The van der Waals surface area contributed by atoms with Crippen LogP contribution in [0.3, 0.4) is 0 Å². The highest BCUT2D eigenvalue weighted by Gasteiger charge is 2.33. The third kappa shape index (κ3) is 2.34. The number of piperidine rings is 1. The van der Waals surface area contributed by atoms with Crippen LogP contribution < -0.4 is 16.0 Å². The molecule has 132 valence electrons. The maximum Gasteiger partial charge on any atom is 0.267 e. The lowest BCUT2D eigenvalue weighted by molar-refractivity contribution is 0.103. The summed E-state index contributed by atoms with van der Waals surface area (Å²) in [5, 5.41) is 3.55. The van der Waals surface area contributed by atoms with Gasteiger partial charge < -0.3 is 16.0 Å². The fourth-order valence-electron chi connectivity index (χ4n) is 3.93. The smallest absolute Gasteiger partial charge is 0.267 e. The molecule has 5 heterocycles. The predicted octanol–water partition coefficient (Wildman–Crippen LogP) is 3.97. The molecule has 2 aromatic heterocycles. The maximum atomic E-state index is 13.3. The highest BCUT2D eigenvalue weighted by atomic mass is 32.1. The van der Waals surface area contributed by atoms with Crippen molar-refractivity contribution in [3.8, 4) is 0 Å². The third-order valence-corrected chi connectivity index (χ3v) is 6.37. The van der Waals surface area contributed by atoms with Gasteiger partial charge in [0.15, 0.2) is 0 Å². The minimum Gasteiger partial charge on any atom is -0.397 e. The number of amides is 1. The van der Waals surface area contributed by atoms with Crippen LogP contribution >= 0.6 is 11.3 Å². The van der Waals surface area contributed by atoms with E-state index in [9.17, 15) is 9.18 Å². The molecule has 6 rings (SSSR count). The first kappa shape index (κ1) is 15.6. The van der Waals surface area contributed by atoms with Crippen LogP contribution in [0.5, 0.6) is 0 Å². The Morgan fingerprint density at radius 3 is 2.88 bits per heavy atom. The zero-order valence-electron chi connectivity index (χ0n) is 14.0. The average molecular weight is 368 g/mol. The van der Waals surface area contributed by atoms with Crippen LogP contribution in [0.15, 0.2) is 30.3 Å². The monoisotopic (exact) mass is 368 g/mol. The molecule has 0 saturated carbocycles. The van der Waals surface area contributed by atoms with Crippen LogP contribution in [0.2, 0.25) is 0 Å². The number of nitrogen functional groups attached to an aromatic ring is 1. The largest absolute Gasteiger partial charge is 0.397 e. The second-order valence-electron chi connectivity index (χ2n) is 6.82. The SMILES string of the molecule is Nc1c(C(=O)Nc2cccc(F)c2)sc2nc3c(cc12)C1CCN3CC1. The molecule has 3 aromatic rings. The lowest BCUT2D eigenvalue weighted by Gasteiger charge is -2.41. The van der Waals surface area contributed by atoms with E-state index in [1.54, 1.807) is 12.1 Å². The summed E-state index contributed by atoms with van der Waals surface area (Å²) in [7, 11) is 0. The number of anilines is 3. The highest BCUT2D eigenvalue weighted by Crippen LogP contribution is 2.45. The molecular weight excluding hydrogens is 351 g/mol. The van der Waals surface area contributed by atoms with E-state index in [0.29, 0.717) is 22.2 Å². The van der Waals surface area contributed by atoms with Gasteiger partial charge in [-0.15, -0.1) is 11.3 Å². The number of nitrogens with one attached hydrogen (secondary N) is 1. The standard InChI is InChI=1S/C19H17FN4OS/c20-11-2-1-3-12(8-11)22-18(25)16-15(21)14-9-13-10-4-6-24(7-5-10)17(13)23-19(14)26-16/h1-3,8-10H,4-7,21H2,(H,22,25). The lowest BCUT2D eigenvalue weighted by Crippen LogP contribution is -2.39. The summed E-state index contributed by atoms with van der Waals surface area (Å²) in [6, 6.07) is 7.93. The van der Waals surface area contributed by atoms with Gasteiger partial charge in [-0.1, -0.05) is 6.07 Å². The molecule has 1 saturated heterocycles. The van der Waals surface area contributed by atoms with Crippen molar-refractivity contribution >= 4 is 44.7 Å². The number of rotatable bonds is 2. The van der Waals surface area contributed by atoms with Crippen molar-refractivity contribution in [2.24, 2.45) is 0 Å². The number of aromatic nitrogens is 1. The number of thiophene rings is 1. The third-order valence-electron chi connectivity index (χ3n) is 5.25. The Labute approximate surface area is 153 Å².